The minimum atomic E-state index is 0.402. The van der Waals surface area contributed by atoms with Crippen molar-refractivity contribution < 1.29 is 0 Å². The molecule has 1 aliphatic rings. The van der Waals surface area contributed by atoms with Crippen molar-refractivity contribution in [3.63, 3.8) is 0 Å². The van der Waals surface area contributed by atoms with Crippen LogP contribution in [0.5, 0.6) is 0 Å². The standard InChI is InChI=1S/C12H20N2S/c1-9(2)11-14-8-10(15-11)12(6-7-13)4-3-5-12/h8-9H,3-7,13H2,1-2H3. The van der Waals surface area contributed by atoms with Crippen molar-refractivity contribution in [3.05, 3.63) is 16.1 Å². The van der Waals surface area contributed by atoms with Crippen molar-refractivity contribution in [1.82, 2.24) is 4.98 Å². The Hall–Kier alpha value is -0.410. The summed E-state index contributed by atoms with van der Waals surface area (Å²) in [7, 11) is 0. The lowest BCUT2D eigenvalue weighted by atomic mass is 9.66. The third kappa shape index (κ3) is 1.95. The van der Waals surface area contributed by atoms with Gasteiger partial charge in [0.05, 0.1) is 5.01 Å². The van der Waals surface area contributed by atoms with Crippen LogP contribution in [-0.2, 0) is 5.41 Å². The molecule has 0 unspecified atom stereocenters. The lowest BCUT2D eigenvalue weighted by Crippen LogP contribution is -2.35. The first-order valence-electron chi connectivity index (χ1n) is 5.84. The number of nitrogens with zero attached hydrogens (tertiary/aromatic N) is 1. The van der Waals surface area contributed by atoms with Gasteiger partial charge in [-0.1, -0.05) is 20.3 Å². The Labute approximate surface area is 95.9 Å². The zero-order chi connectivity index (χ0) is 10.9. The molecule has 15 heavy (non-hydrogen) atoms. The average Bonchev–Trinajstić information content (AvgIpc) is 2.60. The van der Waals surface area contributed by atoms with Crippen molar-refractivity contribution in [2.24, 2.45) is 5.73 Å². The van der Waals surface area contributed by atoms with E-state index in [1.54, 1.807) is 0 Å². The van der Waals surface area contributed by atoms with E-state index in [-0.39, 0.29) is 0 Å². The maximum Gasteiger partial charge on any atom is 0.0953 e. The smallest absolute Gasteiger partial charge is 0.0953 e. The predicted octanol–water partition coefficient (Wildman–Crippen LogP) is 3.04. The van der Waals surface area contributed by atoms with Gasteiger partial charge in [0.2, 0.25) is 0 Å². The lowest BCUT2D eigenvalue weighted by molar-refractivity contribution is 0.234. The molecule has 1 aromatic rings. The number of nitrogens with two attached hydrogens (primary N) is 1. The summed E-state index contributed by atoms with van der Waals surface area (Å²) in [6.45, 7) is 5.22. The van der Waals surface area contributed by atoms with Gasteiger partial charge in [-0.3, -0.25) is 0 Å². The van der Waals surface area contributed by atoms with E-state index >= 15 is 0 Å². The number of hydrogen-bond donors (Lipinski definition) is 1. The zero-order valence-electron chi connectivity index (χ0n) is 9.62. The lowest BCUT2D eigenvalue weighted by Gasteiger charge is -2.40. The van der Waals surface area contributed by atoms with E-state index in [0.29, 0.717) is 11.3 Å². The summed E-state index contributed by atoms with van der Waals surface area (Å²) in [6, 6.07) is 0. The van der Waals surface area contributed by atoms with Crippen molar-refractivity contribution in [1.29, 1.82) is 0 Å². The van der Waals surface area contributed by atoms with Gasteiger partial charge in [0.15, 0.2) is 0 Å². The van der Waals surface area contributed by atoms with Gasteiger partial charge >= 0.3 is 0 Å². The molecule has 0 radical (unpaired) electrons. The first-order chi connectivity index (χ1) is 7.18. The highest BCUT2D eigenvalue weighted by Gasteiger charge is 2.39. The van der Waals surface area contributed by atoms with Gasteiger partial charge in [-0.2, -0.15) is 0 Å². The van der Waals surface area contributed by atoms with Crippen molar-refractivity contribution >= 4 is 11.3 Å². The maximum atomic E-state index is 5.71. The average molecular weight is 224 g/mol. The molecule has 0 aliphatic heterocycles. The SMILES string of the molecule is CC(C)c1ncc(C2(CCN)CCC2)s1. The zero-order valence-corrected chi connectivity index (χ0v) is 10.4. The van der Waals surface area contributed by atoms with Crippen LogP contribution in [-0.4, -0.2) is 11.5 Å². The van der Waals surface area contributed by atoms with E-state index < -0.39 is 0 Å². The summed E-state index contributed by atoms with van der Waals surface area (Å²) in [6.07, 6.45) is 7.20. The Morgan fingerprint density at radius 2 is 2.27 bits per heavy atom. The fourth-order valence-electron chi connectivity index (χ4n) is 2.30. The molecule has 0 amide bonds. The fraction of sp³-hybridized carbons (Fsp3) is 0.750. The van der Waals surface area contributed by atoms with Crippen molar-refractivity contribution in [2.45, 2.75) is 50.9 Å². The van der Waals surface area contributed by atoms with Crippen LogP contribution < -0.4 is 5.73 Å². The molecule has 3 heteroatoms. The molecule has 0 spiro atoms. The van der Waals surface area contributed by atoms with Crippen LogP contribution in [0.1, 0.15) is 55.3 Å². The van der Waals surface area contributed by atoms with Gasteiger partial charge in [-0.15, -0.1) is 11.3 Å². The molecule has 0 bridgehead atoms. The summed E-state index contributed by atoms with van der Waals surface area (Å²) < 4.78 is 0. The highest BCUT2D eigenvalue weighted by molar-refractivity contribution is 7.11. The van der Waals surface area contributed by atoms with Gasteiger partial charge in [0, 0.05) is 22.4 Å². The summed E-state index contributed by atoms with van der Waals surface area (Å²) >= 11 is 1.90. The second-order valence-corrected chi connectivity index (χ2v) is 5.95. The second kappa shape index (κ2) is 4.22. The number of rotatable bonds is 4. The van der Waals surface area contributed by atoms with Crippen LogP contribution in [0, 0.1) is 0 Å². The molecule has 2 nitrogen and oxygen atoms in total. The maximum absolute atomic E-state index is 5.71. The van der Waals surface area contributed by atoms with Gasteiger partial charge in [0.1, 0.15) is 0 Å². The Balaban J connectivity index is 2.19. The normalized spacial score (nSPS) is 19.2. The van der Waals surface area contributed by atoms with E-state index in [0.717, 1.165) is 13.0 Å². The third-order valence-electron chi connectivity index (χ3n) is 3.47. The van der Waals surface area contributed by atoms with E-state index in [4.69, 9.17) is 5.73 Å². The van der Waals surface area contributed by atoms with Crippen LogP contribution in [0.15, 0.2) is 6.20 Å². The molecule has 1 saturated carbocycles. The molecule has 2 rings (SSSR count). The summed E-state index contributed by atoms with van der Waals surface area (Å²) in [5.74, 6) is 0.554. The molecule has 2 N–H and O–H groups in total. The van der Waals surface area contributed by atoms with Crippen LogP contribution in [0.2, 0.25) is 0 Å². The largest absolute Gasteiger partial charge is 0.330 e. The first-order valence-corrected chi connectivity index (χ1v) is 6.66. The molecule has 0 aromatic carbocycles. The van der Waals surface area contributed by atoms with E-state index in [1.807, 2.05) is 11.3 Å². The topological polar surface area (TPSA) is 38.9 Å². The van der Waals surface area contributed by atoms with Gasteiger partial charge in [0.25, 0.3) is 0 Å². The molecule has 0 atom stereocenters. The number of aromatic nitrogens is 1. The van der Waals surface area contributed by atoms with E-state index in [1.165, 1.54) is 29.1 Å². The molecular weight excluding hydrogens is 204 g/mol. The minimum absolute atomic E-state index is 0.402. The summed E-state index contributed by atoms with van der Waals surface area (Å²) in [5, 5.41) is 1.27. The summed E-state index contributed by atoms with van der Waals surface area (Å²) in [4.78, 5) is 6.00. The minimum Gasteiger partial charge on any atom is -0.330 e. The highest BCUT2D eigenvalue weighted by atomic mass is 32.1. The molecule has 1 aliphatic carbocycles. The Morgan fingerprint density at radius 3 is 2.67 bits per heavy atom. The Bertz CT molecular complexity index is 326. The molecule has 1 fully saturated rings. The van der Waals surface area contributed by atoms with Crippen LogP contribution in [0.25, 0.3) is 0 Å². The summed E-state index contributed by atoms with van der Waals surface area (Å²) in [5.41, 5.74) is 6.11. The fourth-order valence-corrected chi connectivity index (χ4v) is 3.49. The van der Waals surface area contributed by atoms with E-state index in [9.17, 15) is 0 Å². The van der Waals surface area contributed by atoms with E-state index in [2.05, 4.69) is 25.0 Å². The van der Waals surface area contributed by atoms with Gasteiger partial charge in [-0.05, 0) is 25.8 Å². The molecule has 1 aromatic heterocycles. The van der Waals surface area contributed by atoms with Crippen LogP contribution in [0.3, 0.4) is 0 Å². The van der Waals surface area contributed by atoms with Crippen LogP contribution in [0.4, 0.5) is 0 Å². The Kier molecular flexibility index (Phi) is 3.12. The quantitative estimate of drug-likeness (QED) is 0.853. The van der Waals surface area contributed by atoms with Gasteiger partial charge in [-0.25, -0.2) is 4.98 Å². The third-order valence-corrected chi connectivity index (χ3v) is 5.02. The highest BCUT2D eigenvalue weighted by Crippen LogP contribution is 2.48. The Morgan fingerprint density at radius 1 is 1.53 bits per heavy atom. The molecule has 0 saturated heterocycles. The van der Waals surface area contributed by atoms with Crippen molar-refractivity contribution in [2.75, 3.05) is 6.54 Å². The van der Waals surface area contributed by atoms with Crippen molar-refractivity contribution in [3.8, 4) is 0 Å². The molecule has 1 heterocycles. The first kappa shape index (κ1) is 11.1. The number of hydrogen-bond acceptors (Lipinski definition) is 3. The van der Waals surface area contributed by atoms with Crippen LogP contribution >= 0.6 is 11.3 Å². The molecule has 84 valence electrons. The monoisotopic (exact) mass is 224 g/mol. The predicted molar refractivity (Wildman–Crippen MR) is 65.4 cm³/mol. The number of thiazole rings is 1. The second-order valence-electron chi connectivity index (χ2n) is 4.89. The van der Waals surface area contributed by atoms with Gasteiger partial charge < -0.3 is 5.73 Å². The molecular formula is C12H20N2S.